The lowest BCUT2D eigenvalue weighted by molar-refractivity contribution is 0.690. The zero-order valence-corrected chi connectivity index (χ0v) is 15.3. The summed E-state index contributed by atoms with van der Waals surface area (Å²) in [5.74, 6) is 0.835. The zero-order chi connectivity index (χ0) is 14.6. The molecule has 1 aromatic carbocycles. The molecule has 1 aromatic rings. The molecule has 118 valence electrons. The number of hydrogen-bond acceptors (Lipinski definition) is 2. The molecule has 0 aliphatic carbocycles. The van der Waals surface area contributed by atoms with Gasteiger partial charge in [0.2, 0.25) is 0 Å². The molecule has 0 saturated heterocycles. The standard InChI is InChI=1S/C16H26N4.HI/c1-4-12-18-16(17-2)19-13-8-9-14-20(3)15-10-6-5-7-11-15;/h4-7,10-11H,1,8-9,12-14H2,2-3H3,(H2,17,18,19);1H. The van der Waals surface area contributed by atoms with Crippen LogP contribution in [0.4, 0.5) is 5.69 Å². The van der Waals surface area contributed by atoms with E-state index in [1.165, 1.54) is 5.69 Å². The van der Waals surface area contributed by atoms with Crippen LogP contribution in [0.1, 0.15) is 12.8 Å². The van der Waals surface area contributed by atoms with Crippen LogP contribution in [0.15, 0.2) is 48.0 Å². The molecule has 0 saturated carbocycles. The number of benzene rings is 1. The molecule has 0 bridgehead atoms. The highest BCUT2D eigenvalue weighted by atomic mass is 127. The minimum Gasteiger partial charge on any atom is -0.375 e. The maximum absolute atomic E-state index is 4.14. The van der Waals surface area contributed by atoms with Crippen molar-refractivity contribution in [2.45, 2.75) is 12.8 Å². The second-order valence-corrected chi connectivity index (χ2v) is 4.63. The van der Waals surface area contributed by atoms with Gasteiger partial charge in [-0.3, -0.25) is 4.99 Å². The molecule has 0 fully saturated rings. The van der Waals surface area contributed by atoms with E-state index in [9.17, 15) is 0 Å². The second kappa shape index (κ2) is 12.5. The topological polar surface area (TPSA) is 39.7 Å². The SMILES string of the molecule is C=CCNC(=NC)NCCCCN(C)c1ccccc1.I. The van der Waals surface area contributed by atoms with E-state index in [-0.39, 0.29) is 24.0 Å². The van der Waals surface area contributed by atoms with Gasteiger partial charge in [-0.15, -0.1) is 30.6 Å². The van der Waals surface area contributed by atoms with E-state index >= 15 is 0 Å². The van der Waals surface area contributed by atoms with E-state index in [1.54, 1.807) is 7.05 Å². The molecule has 21 heavy (non-hydrogen) atoms. The maximum atomic E-state index is 4.14. The average Bonchev–Trinajstić information content (AvgIpc) is 2.50. The number of nitrogens with zero attached hydrogens (tertiary/aromatic N) is 2. The van der Waals surface area contributed by atoms with E-state index in [0.29, 0.717) is 0 Å². The van der Waals surface area contributed by atoms with Crippen LogP contribution < -0.4 is 15.5 Å². The lowest BCUT2D eigenvalue weighted by Gasteiger charge is -2.19. The number of nitrogens with one attached hydrogen (secondary N) is 2. The molecule has 2 N–H and O–H groups in total. The van der Waals surface area contributed by atoms with Gasteiger partial charge in [-0.1, -0.05) is 24.3 Å². The molecule has 0 heterocycles. The summed E-state index contributed by atoms with van der Waals surface area (Å²) in [6.45, 7) is 6.40. The van der Waals surface area contributed by atoms with Crippen molar-refractivity contribution in [2.24, 2.45) is 4.99 Å². The van der Waals surface area contributed by atoms with Crippen molar-refractivity contribution in [3.05, 3.63) is 43.0 Å². The zero-order valence-electron chi connectivity index (χ0n) is 13.0. The first kappa shape index (κ1) is 19.8. The molecule has 0 aliphatic heterocycles. The highest BCUT2D eigenvalue weighted by Gasteiger charge is 1.99. The largest absolute Gasteiger partial charge is 0.375 e. The number of rotatable bonds is 8. The lowest BCUT2D eigenvalue weighted by Crippen LogP contribution is -2.37. The maximum Gasteiger partial charge on any atom is 0.191 e. The monoisotopic (exact) mass is 402 g/mol. The van der Waals surface area contributed by atoms with Crippen molar-refractivity contribution in [3.8, 4) is 0 Å². The number of guanidine groups is 1. The van der Waals surface area contributed by atoms with Crippen LogP contribution in [0.3, 0.4) is 0 Å². The highest BCUT2D eigenvalue weighted by Crippen LogP contribution is 2.11. The first-order chi connectivity index (χ1) is 9.77. The molecule has 0 aliphatic rings. The van der Waals surface area contributed by atoms with Crippen LogP contribution in [0.25, 0.3) is 0 Å². The average molecular weight is 402 g/mol. The minimum atomic E-state index is 0. The Morgan fingerprint density at radius 1 is 1.24 bits per heavy atom. The number of hydrogen-bond donors (Lipinski definition) is 2. The van der Waals surface area contributed by atoms with Crippen molar-refractivity contribution in [2.75, 3.05) is 38.6 Å². The number of aliphatic imine (C=N–C) groups is 1. The molecule has 0 atom stereocenters. The van der Waals surface area contributed by atoms with Gasteiger partial charge in [0.1, 0.15) is 0 Å². The predicted molar refractivity (Wildman–Crippen MR) is 104 cm³/mol. The molecule has 5 heteroatoms. The Kier molecular flexibility index (Phi) is 11.8. The van der Waals surface area contributed by atoms with Gasteiger partial charge in [0.05, 0.1) is 0 Å². The fraction of sp³-hybridized carbons (Fsp3) is 0.438. The van der Waals surface area contributed by atoms with Gasteiger partial charge in [-0.05, 0) is 25.0 Å². The van der Waals surface area contributed by atoms with E-state index in [4.69, 9.17) is 0 Å². The first-order valence-electron chi connectivity index (χ1n) is 7.09. The molecular formula is C16H27IN4. The summed E-state index contributed by atoms with van der Waals surface area (Å²) in [5, 5.41) is 6.45. The van der Waals surface area contributed by atoms with Crippen LogP contribution in [0.2, 0.25) is 0 Å². The van der Waals surface area contributed by atoms with Crippen LogP contribution in [-0.2, 0) is 0 Å². The molecule has 0 spiro atoms. The Hall–Kier alpha value is -1.24. The van der Waals surface area contributed by atoms with Crippen LogP contribution in [0, 0.1) is 0 Å². The van der Waals surface area contributed by atoms with E-state index in [2.05, 4.69) is 58.4 Å². The summed E-state index contributed by atoms with van der Waals surface area (Å²) in [5.41, 5.74) is 1.27. The van der Waals surface area contributed by atoms with Crippen LogP contribution >= 0.6 is 24.0 Å². The minimum absolute atomic E-state index is 0. The smallest absolute Gasteiger partial charge is 0.191 e. The van der Waals surface area contributed by atoms with Crippen molar-refractivity contribution in [3.63, 3.8) is 0 Å². The van der Waals surface area contributed by atoms with Crippen molar-refractivity contribution >= 4 is 35.6 Å². The number of para-hydroxylation sites is 1. The van der Waals surface area contributed by atoms with E-state index in [0.717, 1.165) is 38.4 Å². The molecule has 0 amide bonds. The summed E-state index contributed by atoms with van der Waals surface area (Å²) in [4.78, 5) is 6.42. The first-order valence-corrected chi connectivity index (χ1v) is 7.09. The summed E-state index contributed by atoms with van der Waals surface area (Å²) in [6.07, 6.45) is 4.09. The van der Waals surface area contributed by atoms with Gasteiger partial charge >= 0.3 is 0 Å². The summed E-state index contributed by atoms with van der Waals surface area (Å²) in [7, 11) is 3.91. The van der Waals surface area contributed by atoms with Gasteiger partial charge in [0.15, 0.2) is 5.96 Å². The molecule has 0 unspecified atom stereocenters. The Morgan fingerprint density at radius 3 is 2.57 bits per heavy atom. The Morgan fingerprint density at radius 2 is 1.95 bits per heavy atom. The Labute approximate surface area is 145 Å². The third kappa shape index (κ3) is 8.60. The third-order valence-electron chi connectivity index (χ3n) is 3.05. The number of anilines is 1. The highest BCUT2D eigenvalue weighted by molar-refractivity contribution is 14.0. The van der Waals surface area contributed by atoms with Crippen LogP contribution in [0.5, 0.6) is 0 Å². The number of unbranched alkanes of at least 4 members (excludes halogenated alkanes) is 1. The quantitative estimate of drug-likeness (QED) is 0.231. The van der Waals surface area contributed by atoms with Gasteiger partial charge in [0.25, 0.3) is 0 Å². The molecule has 1 rings (SSSR count). The fourth-order valence-corrected chi connectivity index (χ4v) is 1.88. The number of halogens is 1. The van der Waals surface area contributed by atoms with Crippen molar-refractivity contribution in [1.29, 1.82) is 0 Å². The van der Waals surface area contributed by atoms with Crippen LogP contribution in [-0.4, -0.2) is 39.7 Å². The van der Waals surface area contributed by atoms with Crippen molar-refractivity contribution in [1.82, 2.24) is 10.6 Å². The van der Waals surface area contributed by atoms with Gasteiger partial charge in [-0.2, -0.15) is 0 Å². The summed E-state index contributed by atoms with van der Waals surface area (Å²) in [6, 6.07) is 10.5. The second-order valence-electron chi connectivity index (χ2n) is 4.63. The Bertz CT molecular complexity index is 406. The summed E-state index contributed by atoms with van der Waals surface area (Å²) < 4.78 is 0. The third-order valence-corrected chi connectivity index (χ3v) is 3.05. The molecule has 0 radical (unpaired) electrons. The Balaban J connectivity index is 0.00000400. The predicted octanol–water partition coefficient (Wildman–Crippen LogP) is 2.87. The van der Waals surface area contributed by atoms with Gasteiger partial charge in [0, 0.05) is 39.4 Å². The molecular weight excluding hydrogens is 375 g/mol. The normalized spacial score (nSPS) is 10.5. The van der Waals surface area contributed by atoms with E-state index in [1.807, 2.05) is 12.1 Å². The molecule has 4 nitrogen and oxygen atoms in total. The van der Waals surface area contributed by atoms with Gasteiger partial charge < -0.3 is 15.5 Å². The summed E-state index contributed by atoms with van der Waals surface area (Å²) >= 11 is 0. The van der Waals surface area contributed by atoms with Gasteiger partial charge in [-0.25, -0.2) is 0 Å². The van der Waals surface area contributed by atoms with E-state index < -0.39 is 0 Å². The fourth-order valence-electron chi connectivity index (χ4n) is 1.88. The molecule has 0 aromatic heterocycles. The van der Waals surface area contributed by atoms with Crippen molar-refractivity contribution < 1.29 is 0 Å². The lowest BCUT2D eigenvalue weighted by atomic mass is 10.2.